The quantitative estimate of drug-likeness (QED) is 0.785. The van der Waals surface area contributed by atoms with E-state index in [-0.39, 0.29) is 0 Å². The van der Waals surface area contributed by atoms with E-state index in [2.05, 4.69) is 54.6 Å². The van der Waals surface area contributed by atoms with Crippen molar-refractivity contribution >= 4 is 17.2 Å². The van der Waals surface area contributed by atoms with E-state index >= 15 is 0 Å². The Hall–Kier alpha value is -2.03. The van der Waals surface area contributed by atoms with E-state index in [0.717, 1.165) is 29.3 Å². The van der Waals surface area contributed by atoms with Gasteiger partial charge in [0.15, 0.2) is 0 Å². The second-order valence-corrected chi connectivity index (χ2v) is 6.00. The van der Waals surface area contributed by atoms with Crippen LogP contribution < -0.4 is 10.6 Å². The van der Waals surface area contributed by atoms with Crippen LogP contribution in [-0.2, 0) is 0 Å². The highest BCUT2D eigenvalue weighted by Crippen LogP contribution is 2.21. The smallest absolute Gasteiger partial charge is 0.126 e. The van der Waals surface area contributed by atoms with E-state index in [1.807, 2.05) is 31.2 Å². The summed E-state index contributed by atoms with van der Waals surface area (Å²) in [5.74, 6) is 1.63. The molecule has 1 heterocycles. The van der Waals surface area contributed by atoms with Gasteiger partial charge in [-0.2, -0.15) is 0 Å². The summed E-state index contributed by atoms with van der Waals surface area (Å²) in [5.41, 5.74) is 3.13. The highest BCUT2D eigenvalue weighted by molar-refractivity contribution is 5.63. The molecule has 1 atom stereocenters. The summed E-state index contributed by atoms with van der Waals surface area (Å²) in [6.07, 6.45) is 1.14. The highest BCUT2D eigenvalue weighted by atomic mass is 15.0. The number of aryl methyl sites for hydroxylation is 1. The molecule has 2 aromatic rings. The van der Waals surface area contributed by atoms with Crippen LogP contribution in [0.5, 0.6) is 0 Å². The first-order valence-electron chi connectivity index (χ1n) is 7.61. The second-order valence-electron chi connectivity index (χ2n) is 6.00. The molecule has 0 bridgehead atoms. The third kappa shape index (κ3) is 4.78. The summed E-state index contributed by atoms with van der Waals surface area (Å²) >= 11 is 0. The fraction of sp³-hybridized carbons (Fsp3) is 0.389. The van der Waals surface area contributed by atoms with Gasteiger partial charge in [0.2, 0.25) is 0 Å². The average Bonchev–Trinajstić information content (AvgIpc) is 2.42. The molecule has 0 radical (unpaired) electrons. The van der Waals surface area contributed by atoms with Crippen molar-refractivity contribution < 1.29 is 0 Å². The lowest BCUT2D eigenvalue weighted by Gasteiger charge is -2.17. The van der Waals surface area contributed by atoms with Crippen molar-refractivity contribution in [3.63, 3.8) is 0 Å². The third-order valence-electron chi connectivity index (χ3n) is 3.36. The lowest BCUT2D eigenvalue weighted by Crippen LogP contribution is -2.18. The number of nitrogens with zero attached hydrogens (tertiary/aromatic N) is 1. The molecule has 1 aromatic heterocycles. The van der Waals surface area contributed by atoms with Gasteiger partial charge in [0.1, 0.15) is 5.82 Å². The third-order valence-corrected chi connectivity index (χ3v) is 3.36. The zero-order chi connectivity index (χ0) is 15.2. The largest absolute Gasteiger partial charge is 0.368 e. The van der Waals surface area contributed by atoms with Gasteiger partial charge in [-0.3, -0.25) is 0 Å². The number of aromatic nitrogens is 1. The number of para-hydroxylation sites is 1. The molecule has 0 saturated carbocycles. The Labute approximate surface area is 127 Å². The molecule has 3 heteroatoms. The van der Waals surface area contributed by atoms with Crippen molar-refractivity contribution in [2.24, 2.45) is 5.92 Å². The zero-order valence-corrected chi connectivity index (χ0v) is 13.4. The minimum Gasteiger partial charge on any atom is -0.368 e. The second kappa shape index (κ2) is 7.11. The normalized spacial score (nSPS) is 12.2. The summed E-state index contributed by atoms with van der Waals surface area (Å²) in [5, 5.41) is 6.86. The van der Waals surface area contributed by atoms with Crippen LogP contribution in [0.25, 0.3) is 0 Å². The molecule has 0 aliphatic heterocycles. The molecule has 0 aliphatic carbocycles. The van der Waals surface area contributed by atoms with Crippen LogP contribution in [0.4, 0.5) is 17.2 Å². The summed E-state index contributed by atoms with van der Waals surface area (Å²) in [6.45, 7) is 8.71. The van der Waals surface area contributed by atoms with Gasteiger partial charge < -0.3 is 10.6 Å². The van der Waals surface area contributed by atoms with Crippen molar-refractivity contribution in [2.45, 2.75) is 40.2 Å². The van der Waals surface area contributed by atoms with E-state index in [0.29, 0.717) is 12.0 Å². The fourth-order valence-electron chi connectivity index (χ4n) is 2.47. The van der Waals surface area contributed by atoms with Gasteiger partial charge in [-0.1, -0.05) is 32.0 Å². The maximum atomic E-state index is 4.64. The number of nitrogens with one attached hydrogen (secondary N) is 2. The molecule has 2 rings (SSSR count). The Morgan fingerprint density at radius 3 is 2.33 bits per heavy atom. The van der Waals surface area contributed by atoms with Crippen molar-refractivity contribution in [1.29, 1.82) is 0 Å². The predicted molar refractivity (Wildman–Crippen MR) is 91.2 cm³/mol. The van der Waals surface area contributed by atoms with E-state index in [1.54, 1.807) is 0 Å². The molecular weight excluding hydrogens is 258 g/mol. The van der Waals surface area contributed by atoms with Gasteiger partial charge in [0.25, 0.3) is 0 Å². The van der Waals surface area contributed by atoms with E-state index in [1.165, 1.54) is 0 Å². The Morgan fingerprint density at radius 1 is 1.00 bits per heavy atom. The summed E-state index contributed by atoms with van der Waals surface area (Å²) < 4.78 is 0. The fourth-order valence-corrected chi connectivity index (χ4v) is 2.47. The molecule has 0 fully saturated rings. The number of pyridine rings is 1. The molecule has 112 valence electrons. The molecule has 1 aromatic carbocycles. The summed E-state index contributed by atoms with van der Waals surface area (Å²) in [4.78, 5) is 4.64. The average molecular weight is 283 g/mol. The predicted octanol–water partition coefficient (Wildman–Crippen LogP) is 4.98. The van der Waals surface area contributed by atoms with Crippen LogP contribution in [0.15, 0.2) is 42.5 Å². The van der Waals surface area contributed by atoms with E-state index in [4.69, 9.17) is 0 Å². The van der Waals surface area contributed by atoms with Crippen molar-refractivity contribution in [1.82, 2.24) is 4.98 Å². The van der Waals surface area contributed by atoms with Crippen LogP contribution >= 0.6 is 0 Å². The van der Waals surface area contributed by atoms with Gasteiger partial charge in [-0.25, -0.2) is 4.98 Å². The molecule has 0 aliphatic rings. The van der Waals surface area contributed by atoms with Crippen LogP contribution in [0, 0.1) is 12.8 Å². The van der Waals surface area contributed by atoms with Gasteiger partial charge in [-0.15, -0.1) is 0 Å². The zero-order valence-electron chi connectivity index (χ0n) is 13.4. The number of benzene rings is 1. The van der Waals surface area contributed by atoms with Crippen LogP contribution in [0.2, 0.25) is 0 Å². The number of hydrogen-bond acceptors (Lipinski definition) is 3. The topological polar surface area (TPSA) is 37.0 Å². The van der Waals surface area contributed by atoms with Gasteiger partial charge in [-0.05, 0) is 50.5 Å². The van der Waals surface area contributed by atoms with E-state index < -0.39 is 0 Å². The van der Waals surface area contributed by atoms with Gasteiger partial charge >= 0.3 is 0 Å². The first kappa shape index (κ1) is 15.4. The van der Waals surface area contributed by atoms with Gasteiger partial charge in [0, 0.05) is 11.7 Å². The number of anilines is 3. The monoisotopic (exact) mass is 283 g/mol. The Kier molecular flexibility index (Phi) is 5.20. The van der Waals surface area contributed by atoms with Crippen LogP contribution in [-0.4, -0.2) is 11.0 Å². The molecule has 3 nitrogen and oxygen atoms in total. The van der Waals surface area contributed by atoms with Crippen LogP contribution in [0.3, 0.4) is 0 Å². The van der Waals surface area contributed by atoms with Crippen molar-refractivity contribution in [2.75, 3.05) is 10.6 Å². The molecule has 1 unspecified atom stereocenters. The lowest BCUT2D eigenvalue weighted by atomic mass is 10.1. The summed E-state index contributed by atoms with van der Waals surface area (Å²) in [7, 11) is 0. The maximum Gasteiger partial charge on any atom is 0.126 e. The number of rotatable bonds is 6. The molecule has 21 heavy (non-hydrogen) atoms. The van der Waals surface area contributed by atoms with E-state index in [9.17, 15) is 0 Å². The first-order chi connectivity index (χ1) is 10.0. The minimum atomic E-state index is 0.435. The van der Waals surface area contributed by atoms with Crippen molar-refractivity contribution in [3.8, 4) is 0 Å². The lowest BCUT2D eigenvalue weighted by molar-refractivity contribution is 0.539. The SMILES string of the molecule is Cc1nc(NC(C)CC(C)C)ccc1Nc1ccccc1. The Morgan fingerprint density at radius 2 is 1.71 bits per heavy atom. The molecule has 2 N–H and O–H groups in total. The highest BCUT2D eigenvalue weighted by Gasteiger charge is 2.07. The Balaban J connectivity index is 2.04. The summed E-state index contributed by atoms with van der Waals surface area (Å²) in [6, 6.07) is 14.7. The molecule has 0 amide bonds. The Bertz CT molecular complexity index is 564. The maximum absolute atomic E-state index is 4.64. The minimum absolute atomic E-state index is 0.435. The molecule has 0 saturated heterocycles. The number of hydrogen-bond donors (Lipinski definition) is 2. The van der Waals surface area contributed by atoms with Crippen LogP contribution in [0.1, 0.15) is 32.9 Å². The standard InChI is InChI=1S/C18H25N3/c1-13(2)12-14(3)19-18-11-10-17(15(4)20-18)21-16-8-6-5-7-9-16/h5-11,13-14,21H,12H2,1-4H3,(H,19,20). The van der Waals surface area contributed by atoms with Crippen molar-refractivity contribution in [3.05, 3.63) is 48.2 Å². The molecule has 0 spiro atoms. The first-order valence-corrected chi connectivity index (χ1v) is 7.61. The molecular formula is C18H25N3. The van der Waals surface area contributed by atoms with Gasteiger partial charge in [0.05, 0.1) is 11.4 Å².